The Kier molecular flexibility index (Phi) is 3.99. The van der Waals surface area contributed by atoms with Crippen molar-refractivity contribution < 1.29 is 19.4 Å². The summed E-state index contributed by atoms with van der Waals surface area (Å²) in [6, 6.07) is 5.38. The van der Waals surface area contributed by atoms with E-state index in [2.05, 4.69) is 0 Å². The van der Waals surface area contributed by atoms with Crippen LogP contribution in [0.4, 0.5) is 5.69 Å². The van der Waals surface area contributed by atoms with Crippen LogP contribution in [0, 0.1) is 0 Å². The van der Waals surface area contributed by atoms with Gasteiger partial charge in [0.1, 0.15) is 5.75 Å². The predicted octanol–water partition coefficient (Wildman–Crippen LogP) is 2.00. The van der Waals surface area contributed by atoms with E-state index in [9.17, 15) is 9.59 Å². The van der Waals surface area contributed by atoms with Crippen LogP contribution in [-0.4, -0.2) is 35.9 Å². The number of carbonyl (C=O) groups excluding carboxylic acids is 1. The molecule has 0 saturated heterocycles. The van der Waals surface area contributed by atoms with Crippen LogP contribution in [0.1, 0.15) is 13.3 Å². The third kappa shape index (κ3) is 2.84. The Morgan fingerprint density at radius 3 is 2.89 bits per heavy atom. The summed E-state index contributed by atoms with van der Waals surface area (Å²) in [6.07, 6.45) is 0.188. The van der Waals surface area contributed by atoms with Gasteiger partial charge in [0, 0.05) is 11.9 Å². The molecule has 1 aliphatic heterocycles. The number of hydrogen-bond donors (Lipinski definition) is 1. The van der Waals surface area contributed by atoms with Crippen molar-refractivity contribution in [1.82, 2.24) is 0 Å². The summed E-state index contributed by atoms with van der Waals surface area (Å²) in [6.45, 7) is 1.90. The number of ether oxygens (including phenoxy) is 1. The maximum atomic E-state index is 12.0. The number of anilines is 1. The number of carboxylic acid groups (broad SMARTS) is 1. The Hall–Kier alpha value is -1.69. The minimum Gasteiger partial charge on any atom is -0.481 e. The first-order valence-corrected chi connectivity index (χ1v) is 6.94. The minimum atomic E-state index is -0.866. The van der Waals surface area contributed by atoms with Crippen molar-refractivity contribution in [3.8, 4) is 5.75 Å². The molecule has 0 spiro atoms. The van der Waals surface area contributed by atoms with E-state index >= 15 is 0 Å². The molecule has 1 aromatic carbocycles. The van der Waals surface area contributed by atoms with Crippen molar-refractivity contribution in [2.24, 2.45) is 0 Å². The number of benzene rings is 1. The lowest BCUT2D eigenvalue weighted by Crippen LogP contribution is -2.43. The van der Waals surface area contributed by atoms with E-state index in [4.69, 9.17) is 9.84 Å². The summed E-state index contributed by atoms with van der Waals surface area (Å²) in [5, 5.41) is 8.66. The van der Waals surface area contributed by atoms with Gasteiger partial charge in [0.2, 0.25) is 0 Å². The van der Waals surface area contributed by atoms with Gasteiger partial charge in [0.25, 0.3) is 5.91 Å². The molecule has 1 aromatic rings. The summed E-state index contributed by atoms with van der Waals surface area (Å²) >= 11 is 1.22. The van der Waals surface area contributed by atoms with Crippen LogP contribution >= 0.6 is 11.8 Å². The lowest BCUT2D eigenvalue weighted by atomic mass is 10.1. The molecule has 0 radical (unpaired) electrons. The molecule has 1 heterocycles. The van der Waals surface area contributed by atoms with Crippen LogP contribution in [0.15, 0.2) is 23.1 Å². The van der Waals surface area contributed by atoms with Crippen LogP contribution < -0.4 is 9.64 Å². The van der Waals surface area contributed by atoms with E-state index in [0.717, 1.165) is 4.90 Å². The minimum absolute atomic E-state index is 0.00507. The van der Waals surface area contributed by atoms with Crippen LogP contribution in [0.2, 0.25) is 0 Å². The first-order chi connectivity index (χ1) is 9.02. The molecule has 6 heteroatoms. The van der Waals surface area contributed by atoms with E-state index in [-0.39, 0.29) is 11.7 Å². The number of rotatable bonds is 4. The molecule has 0 fully saturated rings. The molecule has 2 rings (SSSR count). The number of carboxylic acids is 1. The molecule has 0 aliphatic carbocycles. The Bertz CT molecular complexity index is 517. The standard InChI is InChI=1S/C13H15NO4S/c1-3-10-13(17)14(2)9-6-8(19-7-12(15)16)4-5-11(9)18-10/h4-6,10H,3,7H2,1-2H3,(H,15,16). The van der Waals surface area contributed by atoms with E-state index < -0.39 is 12.1 Å². The maximum absolute atomic E-state index is 12.0. The normalized spacial score (nSPS) is 17.9. The SMILES string of the molecule is CCC1Oc2ccc(SCC(=O)O)cc2N(C)C1=O. The second kappa shape index (κ2) is 5.52. The predicted molar refractivity (Wildman–Crippen MR) is 72.9 cm³/mol. The van der Waals surface area contributed by atoms with Crippen molar-refractivity contribution in [2.45, 2.75) is 24.3 Å². The molecule has 0 aromatic heterocycles. The molecule has 1 unspecified atom stereocenters. The van der Waals surface area contributed by atoms with E-state index in [1.54, 1.807) is 24.1 Å². The zero-order valence-electron chi connectivity index (χ0n) is 10.8. The van der Waals surface area contributed by atoms with Gasteiger partial charge in [0.05, 0.1) is 11.4 Å². The highest BCUT2D eigenvalue weighted by Crippen LogP contribution is 2.36. The quantitative estimate of drug-likeness (QED) is 0.855. The molecular weight excluding hydrogens is 266 g/mol. The lowest BCUT2D eigenvalue weighted by molar-refractivity contribution is -0.134. The molecule has 102 valence electrons. The third-order valence-corrected chi connectivity index (χ3v) is 3.88. The monoisotopic (exact) mass is 281 g/mol. The second-order valence-electron chi connectivity index (χ2n) is 4.22. The fourth-order valence-electron chi connectivity index (χ4n) is 1.89. The van der Waals surface area contributed by atoms with Crippen LogP contribution in [0.25, 0.3) is 0 Å². The molecule has 0 saturated carbocycles. The first-order valence-electron chi connectivity index (χ1n) is 5.95. The first kappa shape index (κ1) is 13.7. The zero-order valence-corrected chi connectivity index (χ0v) is 11.6. The van der Waals surface area contributed by atoms with Gasteiger partial charge < -0.3 is 14.7 Å². The Morgan fingerprint density at radius 1 is 1.53 bits per heavy atom. The van der Waals surface area contributed by atoms with Gasteiger partial charge >= 0.3 is 5.97 Å². The molecule has 19 heavy (non-hydrogen) atoms. The number of carbonyl (C=O) groups is 2. The van der Waals surface area contributed by atoms with E-state index in [1.807, 2.05) is 13.0 Å². The molecule has 1 amide bonds. The molecule has 1 atom stereocenters. The Balaban J connectivity index is 2.25. The summed E-state index contributed by atoms with van der Waals surface area (Å²) in [7, 11) is 1.71. The van der Waals surface area contributed by atoms with Crippen molar-refractivity contribution in [2.75, 3.05) is 17.7 Å². The summed E-state index contributed by atoms with van der Waals surface area (Å²) < 4.78 is 5.63. The van der Waals surface area contributed by atoms with Gasteiger partial charge in [0.15, 0.2) is 6.10 Å². The number of thioether (sulfide) groups is 1. The summed E-state index contributed by atoms with van der Waals surface area (Å²) in [5.74, 6) is -0.284. The molecule has 0 bridgehead atoms. The number of nitrogens with zero attached hydrogens (tertiary/aromatic N) is 1. The fraction of sp³-hybridized carbons (Fsp3) is 0.385. The Morgan fingerprint density at radius 2 is 2.26 bits per heavy atom. The number of aliphatic carboxylic acids is 1. The number of hydrogen-bond acceptors (Lipinski definition) is 4. The van der Waals surface area contributed by atoms with E-state index in [0.29, 0.717) is 17.9 Å². The van der Waals surface area contributed by atoms with Gasteiger partial charge in [-0.3, -0.25) is 9.59 Å². The number of amides is 1. The fourth-order valence-corrected chi connectivity index (χ4v) is 2.54. The van der Waals surface area contributed by atoms with Crippen molar-refractivity contribution in [1.29, 1.82) is 0 Å². The van der Waals surface area contributed by atoms with Gasteiger partial charge in [-0.25, -0.2) is 0 Å². The molecule has 1 N–H and O–H groups in total. The van der Waals surface area contributed by atoms with Crippen LogP contribution in [0.3, 0.4) is 0 Å². The van der Waals surface area contributed by atoms with Crippen molar-refractivity contribution >= 4 is 29.3 Å². The molecule has 1 aliphatic rings. The number of likely N-dealkylation sites (N-methyl/N-ethyl adjacent to an activating group) is 1. The lowest BCUT2D eigenvalue weighted by Gasteiger charge is -2.31. The highest BCUT2D eigenvalue weighted by atomic mass is 32.2. The average molecular weight is 281 g/mol. The maximum Gasteiger partial charge on any atom is 0.313 e. The average Bonchev–Trinajstić information content (AvgIpc) is 2.40. The zero-order chi connectivity index (χ0) is 14.0. The molecular formula is C13H15NO4S. The topological polar surface area (TPSA) is 66.8 Å². The second-order valence-corrected chi connectivity index (χ2v) is 5.27. The van der Waals surface area contributed by atoms with Crippen LogP contribution in [0.5, 0.6) is 5.75 Å². The highest BCUT2D eigenvalue weighted by molar-refractivity contribution is 8.00. The van der Waals surface area contributed by atoms with Gasteiger partial charge in [-0.1, -0.05) is 6.92 Å². The van der Waals surface area contributed by atoms with Gasteiger partial charge in [-0.05, 0) is 24.6 Å². The molecule has 5 nitrogen and oxygen atoms in total. The van der Waals surface area contributed by atoms with E-state index in [1.165, 1.54) is 11.8 Å². The Labute approximate surface area is 115 Å². The highest BCUT2D eigenvalue weighted by Gasteiger charge is 2.30. The van der Waals surface area contributed by atoms with Crippen molar-refractivity contribution in [3.05, 3.63) is 18.2 Å². The van der Waals surface area contributed by atoms with Gasteiger partial charge in [-0.15, -0.1) is 11.8 Å². The third-order valence-electron chi connectivity index (χ3n) is 2.90. The van der Waals surface area contributed by atoms with Crippen LogP contribution in [-0.2, 0) is 9.59 Å². The smallest absolute Gasteiger partial charge is 0.313 e. The van der Waals surface area contributed by atoms with Crippen molar-refractivity contribution in [3.63, 3.8) is 0 Å². The summed E-state index contributed by atoms with van der Waals surface area (Å²) in [4.78, 5) is 24.9. The van der Waals surface area contributed by atoms with Gasteiger partial charge in [-0.2, -0.15) is 0 Å². The summed E-state index contributed by atoms with van der Waals surface area (Å²) in [5.41, 5.74) is 0.685. The largest absolute Gasteiger partial charge is 0.481 e. The number of fused-ring (bicyclic) bond motifs is 1.